The van der Waals surface area contributed by atoms with Crippen LogP contribution in [-0.4, -0.2) is 26.2 Å². The third kappa shape index (κ3) is 9.73. The molecule has 0 saturated carbocycles. The molecule has 2 rings (SSSR count). The summed E-state index contributed by atoms with van der Waals surface area (Å²) in [4.78, 5) is 0. The Labute approximate surface area is 202 Å². The van der Waals surface area contributed by atoms with Crippen LogP contribution in [0.5, 0.6) is 23.0 Å². The van der Waals surface area contributed by atoms with Gasteiger partial charge in [0, 0.05) is 0 Å². The normalized spacial score (nSPS) is 11.1. The van der Waals surface area contributed by atoms with Crippen molar-refractivity contribution in [3.05, 3.63) is 57.0 Å². The molecular formula is C23H25Br2F3O4. The fourth-order valence-corrected chi connectivity index (χ4v) is 3.13. The van der Waals surface area contributed by atoms with Crippen LogP contribution in [0.3, 0.4) is 0 Å². The van der Waals surface area contributed by atoms with Crippen LogP contribution < -0.4 is 18.9 Å². The summed E-state index contributed by atoms with van der Waals surface area (Å²) < 4.78 is 58.5. The van der Waals surface area contributed by atoms with E-state index in [-0.39, 0.29) is 5.75 Å². The van der Waals surface area contributed by atoms with E-state index in [2.05, 4.69) is 43.5 Å². The molecule has 0 fully saturated rings. The largest absolute Gasteiger partial charge is 0.573 e. The van der Waals surface area contributed by atoms with Crippen molar-refractivity contribution < 1.29 is 32.1 Å². The zero-order valence-corrected chi connectivity index (χ0v) is 21.0. The first kappa shape index (κ1) is 26.4. The SMILES string of the molecule is CCc1cc(OCC=C(Br)Br)cc(C)c1OCCCCOc1ccc(OC(F)(F)F)cc1. The molecule has 32 heavy (non-hydrogen) atoms. The number of rotatable bonds is 12. The minimum Gasteiger partial charge on any atom is -0.494 e. The molecule has 0 aliphatic rings. The molecule has 2 aromatic carbocycles. The summed E-state index contributed by atoms with van der Waals surface area (Å²) >= 11 is 6.60. The van der Waals surface area contributed by atoms with Crippen LogP contribution >= 0.6 is 31.9 Å². The molecule has 0 amide bonds. The van der Waals surface area contributed by atoms with Crippen molar-refractivity contribution in [2.24, 2.45) is 0 Å². The number of hydrogen-bond donors (Lipinski definition) is 0. The van der Waals surface area contributed by atoms with Gasteiger partial charge in [0.25, 0.3) is 0 Å². The Morgan fingerprint density at radius 2 is 1.53 bits per heavy atom. The average Bonchev–Trinajstić information content (AvgIpc) is 2.71. The summed E-state index contributed by atoms with van der Waals surface area (Å²) in [5.41, 5.74) is 2.10. The molecule has 0 saturated heterocycles. The number of halogens is 5. The number of hydrogen-bond acceptors (Lipinski definition) is 4. The lowest BCUT2D eigenvalue weighted by Gasteiger charge is -2.16. The quantitative estimate of drug-likeness (QED) is 0.241. The van der Waals surface area contributed by atoms with Crippen LogP contribution in [0.2, 0.25) is 0 Å². The summed E-state index contributed by atoms with van der Waals surface area (Å²) in [5.74, 6) is 1.88. The van der Waals surface area contributed by atoms with Gasteiger partial charge in [-0.2, -0.15) is 0 Å². The lowest BCUT2D eigenvalue weighted by molar-refractivity contribution is -0.274. The highest BCUT2D eigenvalue weighted by Gasteiger charge is 2.30. The topological polar surface area (TPSA) is 36.9 Å². The number of unbranched alkanes of at least 4 members (excludes halogenated alkanes) is 1. The van der Waals surface area contributed by atoms with Crippen molar-refractivity contribution in [1.29, 1.82) is 0 Å². The molecule has 9 heteroatoms. The Hall–Kier alpha value is -1.87. The predicted octanol–water partition coefficient (Wildman–Crippen LogP) is 7.70. The molecule has 0 spiro atoms. The smallest absolute Gasteiger partial charge is 0.494 e. The van der Waals surface area contributed by atoms with Crippen molar-refractivity contribution in [3.8, 4) is 23.0 Å². The monoisotopic (exact) mass is 580 g/mol. The van der Waals surface area contributed by atoms with Crippen molar-refractivity contribution in [2.75, 3.05) is 19.8 Å². The average molecular weight is 582 g/mol. The molecule has 0 heterocycles. The zero-order chi connectivity index (χ0) is 23.6. The van der Waals surface area contributed by atoms with E-state index in [1.165, 1.54) is 24.3 Å². The first-order valence-electron chi connectivity index (χ1n) is 10.1. The van der Waals surface area contributed by atoms with Crippen LogP contribution in [0.1, 0.15) is 30.9 Å². The number of aryl methyl sites for hydroxylation is 2. The highest BCUT2D eigenvalue weighted by atomic mass is 79.9. The van der Waals surface area contributed by atoms with Crippen molar-refractivity contribution in [3.63, 3.8) is 0 Å². The fourth-order valence-electron chi connectivity index (χ4n) is 2.87. The van der Waals surface area contributed by atoms with Gasteiger partial charge in [-0.1, -0.05) is 6.92 Å². The summed E-state index contributed by atoms with van der Waals surface area (Å²) in [6.45, 7) is 5.49. The first-order valence-corrected chi connectivity index (χ1v) is 11.7. The van der Waals surface area contributed by atoms with Crippen LogP contribution in [0.4, 0.5) is 13.2 Å². The van der Waals surface area contributed by atoms with Gasteiger partial charge in [-0.3, -0.25) is 0 Å². The third-order valence-corrected chi connectivity index (χ3v) is 4.95. The highest BCUT2D eigenvalue weighted by Crippen LogP contribution is 2.30. The van der Waals surface area contributed by atoms with E-state index in [4.69, 9.17) is 14.2 Å². The number of ether oxygens (including phenoxy) is 4. The zero-order valence-electron chi connectivity index (χ0n) is 17.8. The highest BCUT2D eigenvalue weighted by molar-refractivity contribution is 9.28. The van der Waals surface area contributed by atoms with Crippen molar-refractivity contribution >= 4 is 31.9 Å². The third-order valence-electron chi connectivity index (χ3n) is 4.30. The van der Waals surface area contributed by atoms with E-state index in [0.29, 0.717) is 25.6 Å². The maximum atomic E-state index is 12.2. The molecule has 0 bridgehead atoms. The molecule has 0 aromatic heterocycles. The van der Waals surface area contributed by atoms with E-state index >= 15 is 0 Å². The molecule has 2 aromatic rings. The summed E-state index contributed by atoms with van der Waals surface area (Å²) in [7, 11) is 0. The lowest BCUT2D eigenvalue weighted by atomic mass is 10.1. The minimum atomic E-state index is -4.70. The summed E-state index contributed by atoms with van der Waals surface area (Å²) in [5, 5.41) is 0. The van der Waals surface area contributed by atoms with Gasteiger partial charge in [-0.15, -0.1) is 13.2 Å². The molecule has 0 radical (unpaired) electrons. The number of alkyl halides is 3. The van der Waals surface area contributed by atoms with Gasteiger partial charge in [0.1, 0.15) is 29.6 Å². The van der Waals surface area contributed by atoms with Crippen LogP contribution in [0, 0.1) is 6.92 Å². The Morgan fingerprint density at radius 3 is 2.12 bits per heavy atom. The van der Waals surface area contributed by atoms with Gasteiger partial charge in [0.2, 0.25) is 0 Å². The molecule has 4 nitrogen and oxygen atoms in total. The second kappa shape index (κ2) is 13.0. The standard InChI is InChI=1S/C23H25Br2F3O4/c1-3-17-15-20(30-13-10-21(24)25)14-16(2)22(17)31-12-5-4-11-29-18-6-8-19(9-7-18)32-23(26,27)28/h6-10,14-15H,3-5,11-13H2,1-2H3. The van der Waals surface area contributed by atoms with E-state index in [0.717, 1.165) is 45.3 Å². The Morgan fingerprint density at radius 1 is 0.906 bits per heavy atom. The molecule has 176 valence electrons. The molecular weight excluding hydrogens is 557 g/mol. The van der Waals surface area contributed by atoms with E-state index in [1.807, 2.05) is 25.1 Å². The lowest BCUT2D eigenvalue weighted by Crippen LogP contribution is -2.16. The summed E-state index contributed by atoms with van der Waals surface area (Å²) in [6, 6.07) is 9.30. The van der Waals surface area contributed by atoms with Gasteiger partial charge in [0.05, 0.1) is 16.6 Å². The van der Waals surface area contributed by atoms with Crippen molar-refractivity contribution in [1.82, 2.24) is 0 Å². The maximum absolute atomic E-state index is 12.2. The second-order valence-electron chi connectivity index (χ2n) is 6.81. The molecule has 0 unspecified atom stereocenters. The Balaban J connectivity index is 1.76. The van der Waals surface area contributed by atoms with Gasteiger partial charge in [0.15, 0.2) is 0 Å². The van der Waals surface area contributed by atoms with Crippen LogP contribution in [0.25, 0.3) is 0 Å². The molecule has 0 atom stereocenters. The minimum absolute atomic E-state index is 0.274. The molecule has 0 aliphatic carbocycles. The van der Waals surface area contributed by atoms with E-state index in [9.17, 15) is 13.2 Å². The predicted molar refractivity (Wildman–Crippen MR) is 125 cm³/mol. The molecule has 0 N–H and O–H groups in total. The first-order chi connectivity index (χ1) is 15.2. The Bertz CT molecular complexity index is 880. The summed E-state index contributed by atoms with van der Waals surface area (Å²) in [6.07, 6.45) is -0.481. The van der Waals surface area contributed by atoms with Gasteiger partial charge in [-0.25, -0.2) is 0 Å². The van der Waals surface area contributed by atoms with Crippen LogP contribution in [-0.2, 0) is 6.42 Å². The van der Waals surface area contributed by atoms with Gasteiger partial charge >= 0.3 is 6.36 Å². The van der Waals surface area contributed by atoms with Crippen molar-refractivity contribution in [2.45, 2.75) is 39.5 Å². The maximum Gasteiger partial charge on any atom is 0.573 e. The fraction of sp³-hybridized carbons (Fsp3) is 0.391. The second-order valence-corrected chi connectivity index (χ2v) is 9.58. The van der Waals surface area contributed by atoms with E-state index in [1.54, 1.807) is 0 Å². The van der Waals surface area contributed by atoms with Crippen LogP contribution in [0.15, 0.2) is 45.9 Å². The van der Waals surface area contributed by atoms with Gasteiger partial charge < -0.3 is 18.9 Å². The number of benzene rings is 2. The van der Waals surface area contributed by atoms with Gasteiger partial charge in [-0.05, 0) is 112 Å². The Kier molecular flexibility index (Phi) is 10.7. The van der Waals surface area contributed by atoms with E-state index < -0.39 is 6.36 Å². The molecule has 0 aliphatic heterocycles.